The molecule has 1 aromatic heterocycles. The zero-order valence-electron chi connectivity index (χ0n) is 18.5. The Kier molecular flexibility index (Phi) is 6.07. The van der Waals surface area contributed by atoms with Crippen LogP contribution in [0.3, 0.4) is 0 Å². The van der Waals surface area contributed by atoms with Gasteiger partial charge < -0.3 is 24.1 Å². The number of nitrogens with one attached hydrogen (secondary N) is 1. The topological polar surface area (TPSA) is 61.8 Å². The van der Waals surface area contributed by atoms with Gasteiger partial charge in [0, 0.05) is 30.6 Å². The monoisotopic (exact) mass is 460 g/mol. The van der Waals surface area contributed by atoms with Gasteiger partial charge in [0.2, 0.25) is 0 Å². The fraction of sp³-hybridized carbons (Fsp3) is 0.409. The van der Waals surface area contributed by atoms with Gasteiger partial charge in [0.15, 0.2) is 12.1 Å². The van der Waals surface area contributed by atoms with Crippen molar-refractivity contribution in [2.45, 2.75) is 45.2 Å². The highest BCUT2D eigenvalue weighted by Gasteiger charge is 2.52. The molecule has 1 aliphatic heterocycles. The molecule has 2 aromatic carbocycles. The Morgan fingerprint density at radius 1 is 1.06 bits per heavy atom. The van der Waals surface area contributed by atoms with Crippen molar-refractivity contribution in [2.75, 3.05) is 19.5 Å². The van der Waals surface area contributed by atoms with Crippen molar-refractivity contribution in [3.8, 4) is 0 Å². The molecule has 0 spiro atoms. The summed E-state index contributed by atoms with van der Waals surface area (Å²) in [5, 5.41) is 4.92. The average Bonchev–Trinajstić information content (AvgIpc) is 3.21. The third-order valence-corrected chi connectivity index (χ3v) is 7.22. The predicted molar refractivity (Wildman–Crippen MR) is 127 cm³/mol. The molecule has 0 aliphatic carbocycles. The van der Waals surface area contributed by atoms with Gasteiger partial charge in [-0.05, 0) is 57.4 Å². The summed E-state index contributed by atoms with van der Waals surface area (Å²) in [6.07, 6.45) is -0.408. The lowest BCUT2D eigenvalue weighted by molar-refractivity contribution is -0.105. The molecule has 0 radical (unpaired) electrons. The molecule has 164 valence electrons. The van der Waals surface area contributed by atoms with Crippen LogP contribution in [-0.4, -0.2) is 36.9 Å². The molecular formula is C22H26BClN2O4S. The molecule has 1 fully saturated rings. The first-order valence-corrected chi connectivity index (χ1v) is 11.2. The molecule has 0 bridgehead atoms. The number of ether oxygens (including phenoxy) is 2. The Morgan fingerprint density at radius 2 is 1.74 bits per heavy atom. The van der Waals surface area contributed by atoms with Gasteiger partial charge in [0.25, 0.3) is 0 Å². The molecule has 0 saturated carbocycles. The van der Waals surface area contributed by atoms with Crippen LogP contribution in [0.2, 0.25) is 5.02 Å². The number of anilines is 2. The largest absolute Gasteiger partial charge is 0.496 e. The second-order valence-corrected chi connectivity index (χ2v) is 9.70. The highest BCUT2D eigenvalue weighted by atomic mass is 35.5. The van der Waals surface area contributed by atoms with Crippen LogP contribution < -0.4 is 10.8 Å². The second-order valence-electron chi connectivity index (χ2n) is 8.51. The van der Waals surface area contributed by atoms with Crippen molar-refractivity contribution in [1.82, 2.24) is 4.37 Å². The quantitative estimate of drug-likeness (QED) is 0.399. The van der Waals surface area contributed by atoms with Crippen LogP contribution in [0.1, 0.15) is 39.5 Å². The van der Waals surface area contributed by atoms with Gasteiger partial charge in [-0.15, -0.1) is 0 Å². The van der Waals surface area contributed by atoms with Crippen LogP contribution in [0.4, 0.5) is 11.5 Å². The van der Waals surface area contributed by atoms with E-state index < -0.39 is 24.6 Å². The maximum absolute atomic E-state index is 6.77. The molecule has 3 aromatic rings. The lowest BCUT2D eigenvalue weighted by Gasteiger charge is -2.32. The standard InChI is InChI=1S/C22H26BClN2O4S/c1-21(2)22(3,4)30-23(29-21)15-8-7-9-16(18(15)24)25-19-14-11-10-13(20(27-5)28-6)12-17(14)31-26-19/h7-12,20H,1-6H3,(H,25,26). The first-order chi connectivity index (χ1) is 14.7. The number of halogens is 1. The number of hydrogen-bond acceptors (Lipinski definition) is 7. The molecule has 31 heavy (non-hydrogen) atoms. The Bertz CT molecular complexity index is 1080. The van der Waals surface area contributed by atoms with Crippen molar-refractivity contribution in [2.24, 2.45) is 0 Å². The Balaban J connectivity index is 1.62. The predicted octanol–water partition coefficient (Wildman–Crippen LogP) is 5.28. The highest BCUT2D eigenvalue weighted by molar-refractivity contribution is 7.13. The number of hydrogen-bond donors (Lipinski definition) is 1. The van der Waals surface area contributed by atoms with Crippen molar-refractivity contribution < 1.29 is 18.8 Å². The minimum atomic E-state index is -0.533. The summed E-state index contributed by atoms with van der Waals surface area (Å²) in [7, 11) is 2.70. The molecule has 1 aliphatic rings. The fourth-order valence-electron chi connectivity index (χ4n) is 3.49. The smallest absolute Gasteiger partial charge is 0.399 e. The van der Waals surface area contributed by atoms with E-state index >= 15 is 0 Å². The van der Waals surface area contributed by atoms with E-state index in [1.165, 1.54) is 11.5 Å². The zero-order chi connectivity index (χ0) is 22.4. The molecule has 2 heterocycles. The number of methoxy groups -OCH3 is 2. The van der Waals surface area contributed by atoms with Crippen LogP contribution in [0.15, 0.2) is 36.4 Å². The van der Waals surface area contributed by atoms with E-state index in [0.717, 1.165) is 32.6 Å². The summed E-state index contributed by atoms with van der Waals surface area (Å²) in [6, 6.07) is 11.8. The van der Waals surface area contributed by atoms with Crippen LogP contribution in [0, 0.1) is 0 Å². The number of nitrogens with zero attached hydrogens (tertiary/aromatic N) is 1. The lowest BCUT2D eigenvalue weighted by Crippen LogP contribution is -2.41. The first kappa shape index (κ1) is 22.5. The Hall–Kier alpha value is -1.68. The van der Waals surface area contributed by atoms with Gasteiger partial charge in [0.1, 0.15) is 0 Å². The minimum Gasteiger partial charge on any atom is -0.399 e. The number of aromatic nitrogens is 1. The summed E-state index contributed by atoms with van der Waals surface area (Å²) < 4.78 is 28.7. The molecule has 9 heteroatoms. The molecule has 1 saturated heterocycles. The highest BCUT2D eigenvalue weighted by Crippen LogP contribution is 2.38. The number of fused-ring (bicyclic) bond motifs is 1. The minimum absolute atomic E-state index is 0.408. The van der Waals surface area contributed by atoms with Crippen molar-refractivity contribution in [3.05, 3.63) is 47.0 Å². The van der Waals surface area contributed by atoms with E-state index in [-0.39, 0.29) is 0 Å². The third-order valence-electron chi connectivity index (χ3n) is 5.99. The average molecular weight is 461 g/mol. The van der Waals surface area contributed by atoms with Crippen LogP contribution in [0.25, 0.3) is 10.1 Å². The van der Waals surface area contributed by atoms with Crippen molar-refractivity contribution in [3.63, 3.8) is 0 Å². The maximum atomic E-state index is 6.77. The summed E-state index contributed by atoms with van der Waals surface area (Å²) in [5.41, 5.74) is 1.60. The molecule has 1 N–H and O–H groups in total. The van der Waals surface area contributed by atoms with Gasteiger partial charge in [-0.3, -0.25) is 0 Å². The molecule has 0 atom stereocenters. The normalized spacial score (nSPS) is 17.6. The van der Waals surface area contributed by atoms with Gasteiger partial charge >= 0.3 is 7.12 Å². The first-order valence-electron chi connectivity index (χ1n) is 10.0. The van der Waals surface area contributed by atoms with E-state index in [1.54, 1.807) is 14.2 Å². The molecule has 4 rings (SSSR count). The SMILES string of the molecule is COC(OC)c1ccc2c(Nc3cccc(B4OC(C)(C)C(C)(C)O4)c3Cl)nsc2c1. The number of benzene rings is 2. The van der Waals surface area contributed by atoms with E-state index in [4.69, 9.17) is 30.4 Å². The van der Waals surface area contributed by atoms with Gasteiger partial charge in [-0.25, -0.2) is 0 Å². The van der Waals surface area contributed by atoms with Gasteiger partial charge in [-0.2, -0.15) is 4.37 Å². The second kappa shape index (κ2) is 8.35. The van der Waals surface area contributed by atoms with Crippen LogP contribution >= 0.6 is 23.1 Å². The van der Waals surface area contributed by atoms with Crippen molar-refractivity contribution in [1.29, 1.82) is 0 Å². The fourth-order valence-corrected chi connectivity index (χ4v) is 4.53. The molecule has 6 nitrogen and oxygen atoms in total. The van der Waals surface area contributed by atoms with Gasteiger partial charge in [0.05, 0.1) is 26.6 Å². The van der Waals surface area contributed by atoms with E-state index in [0.29, 0.717) is 5.02 Å². The van der Waals surface area contributed by atoms with E-state index in [1.807, 2.05) is 64.1 Å². The molecular weight excluding hydrogens is 435 g/mol. The Morgan fingerprint density at radius 3 is 2.39 bits per heavy atom. The lowest BCUT2D eigenvalue weighted by atomic mass is 9.79. The van der Waals surface area contributed by atoms with Crippen molar-refractivity contribution >= 4 is 57.3 Å². The zero-order valence-corrected chi connectivity index (χ0v) is 20.1. The maximum Gasteiger partial charge on any atom is 0.496 e. The Labute approximate surface area is 192 Å². The van der Waals surface area contributed by atoms with E-state index in [9.17, 15) is 0 Å². The summed E-state index contributed by atoms with van der Waals surface area (Å²) in [6.45, 7) is 8.10. The summed E-state index contributed by atoms with van der Waals surface area (Å²) in [5.74, 6) is 0.742. The van der Waals surface area contributed by atoms with E-state index in [2.05, 4.69) is 9.69 Å². The molecule has 0 unspecified atom stereocenters. The summed E-state index contributed by atoms with van der Waals surface area (Å²) in [4.78, 5) is 0. The third kappa shape index (κ3) is 4.08. The summed E-state index contributed by atoms with van der Waals surface area (Å²) >= 11 is 8.17. The number of rotatable bonds is 6. The van der Waals surface area contributed by atoms with Crippen LogP contribution in [0.5, 0.6) is 0 Å². The van der Waals surface area contributed by atoms with Gasteiger partial charge in [-0.1, -0.05) is 29.8 Å². The van der Waals surface area contributed by atoms with Crippen LogP contribution in [-0.2, 0) is 18.8 Å². The molecule has 0 amide bonds.